The van der Waals surface area contributed by atoms with Crippen LogP contribution in [0, 0.1) is 6.92 Å². The maximum atomic E-state index is 11.2. The van der Waals surface area contributed by atoms with E-state index in [0.717, 1.165) is 17.2 Å². The second kappa shape index (κ2) is 5.00. The van der Waals surface area contributed by atoms with Crippen LogP contribution in [0.4, 0.5) is 5.82 Å². The topological polar surface area (TPSA) is 61.9 Å². The standard InChI is InChI=1S/C13H16N4O/c1-9-6-12(16-15-9)8-17(3)13-5-4-11(7-14-13)10(2)18/h4-7H,8H2,1-3H3,(H,15,16). The highest BCUT2D eigenvalue weighted by atomic mass is 16.1. The Hall–Kier alpha value is -2.17. The first-order valence-corrected chi connectivity index (χ1v) is 5.75. The number of pyridine rings is 1. The van der Waals surface area contributed by atoms with Crippen LogP contribution in [-0.4, -0.2) is 28.0 Å². The van der Waals surface area contributed by atoms with Crippen LogP contribution in [0.1, 0.15) is 28.7 Å². The molecule has 0 amide bonds. The molecule has 0 unspecified atom stereocenters. The second-order valence-corrected chi connectivity index (χ2v) is 4.36. The largest absolute Gasteiger partial charge is 0.354 e. The Bertz CT molecular complexity index is 544. The predicted octanol–water partition coefficient (Wildman–Crippen LogP) is 1.95. The van der Waals surface area contributed by atoms with Crippen molar-refractivity contribution in [2.75, 3.05) is 11.9 Å². The molecule has 94 valence electrons. The monoisotopic (exact) mass is 244 g/mol. The summed E-state index contributed by atoms with van der Waals surface area (Å²) in [6.45, 7) is 4.18. The van der Waals surface area contributed by atoms with E-state index in [9.17, 15) is 4.79 Å². The highest BCUT2D eigenvalue weighted by molar-refractivity contribution is 5.93. The third-order valence-corrected chi connectivity index (χ3v) is 2.70. The lowest BCUT2D eigenvalue weighted by Gasteiger charge is -2.16. The van der Waals surface area contributed by atoms with Gasteiger partial charge < -0.3 is 4.90 Å². The molecule has 0 atom stereocenters. The maximum absolute atomic E-state index is 11.2. The number of nitrogens with zero attached hydrogens (tertiary/aromatic N) is 3. The fraction of sp³-hybridized carbons (Fsp3) is 0.308. The molecule has 2 aromatic rings. The maximum Gasteiger partial charge on any atom is 0.161 e. The van der Waals surface area contributed by atoms with Gasteiger partial charge in [0.05, 0.1) is 12.2 Å². The molecule has 0 spiro atoms. The third kappa shape index (κ3) is 2.74. The third-order valence-electron chi connectivity index (χ3n) is 2.70. The van der Waals surface area contributed by atoms with Crippen LogP contribution in [0.3, 0.4) is 0 Å². The van der Waals surface area contributed by atoms with E-state index in [1.165, 1.54) is 6.92 Å². The molecular weight excluding hydrogens is 228 g/mol. The molecule has 0 aliphatic carbocycles. The van der Waals surface area contributed by atoms with Gasteiger partial charge in [-0.05, 0) is 32.0 Å². The fourth-order valence-corrected chi connectivity index (χ4v) is 1.70. The number of carbonyl (C=O) groups is 1. The molecule has 0 aliphatic rings. The van der Waals surface area contributed by atoms with Crippen molar-refractivity contribution >= 4 is 11.6 Å². The second-order valence-electron chi connectivity index (χ2n) is 4.36. The Morgan fingerprint density at radius 3 is 2.72 bits per heavy atom. The van der Waals surface area contributed by atoms with Crippen LogP contribution >= 0.6 is 0 Å². The quantitative estimate of drug-likeness (QED) is 0.835. The number of aromatic amines is 1. The van der Waals surface area contributed by atoms with E-state index in [2.05, 4.69) is 15.2 Å². The lowest BCUT2D eigenvalue weighted by Crippen LogP contribution is -2.18. The number of rotatable bonds is 4. The molecule has 0 saturated carbocycles. The van der Waals surface area contributed by atoms with E-state index < -0.39 is 0 Å². The van der Waals surface area contributed by atoms with Crippen LogP contribution in [0.2, 0.25) is 0 Å². The minimum absolute atomic E-state index is 0.0274. The Labute approximate surface area is 106 Å². The summed E-state index contributed by atoms with van der Waals surface area (Å²) in [4.78, 5) is 17.4. The Morgan fingerprint density at radius 2 is 2.22 bits per heavy atom. The van der Waals surface area contributed by atoms with E-state index in [1.807, 2.05) is 31.0 Å². The number of anilines is 1. The van der Waals surface area contributed by atoms with Crippen molar-refractivity contribution in [2.45, 2.75) is 20.4 Å². The van der Waals surface area contributed by atoms with Crippen LogP contribution < -0.4 is 4.90 Å². The van der Waals surface area contributed by atoms with Gasteiger partial charge in [0.1, 0.15) is 5.82 Å². The molecule has 0 bridgehead atoms. The zero-order valence-electron chi connectivity index (χ0n) is 10.8. The summed E-state index contributed by atoms with van der Waals surface area (Å²) in [5.74, 6) is 0.847. The normalized spacial score (nSPS) is 10.4. The molecule has 2 rings (SSSR count). The summed E-state index contributed by atoms with van der Waals surface area (Å²) < 4.78 is 0. The van der Waals surface area contributed by atoms with Gasteiger partial charge in [0.25, 0.3) is 0 Å². The summed E-state index contributed by atoms with van der Waals surface area (Å²) in [6, 6.07) is 5.63. The van der Waals surface area contributed by atoms with Gasteiger partial charge in [-0.15, -0.1) is 0 Å². The van der Waals surface area contributed by atoms with Crippen molar-refractivity contribution in [3.63, 3.8) is 0 Å². The first kappa shape index (κ1) is 12.3. The summed E-state index contributed by atoms with van der Waals surface area (Å²) in [6.07, 6.45) is 1.60. The molecular formula is C13H16N4O. The molecule has 0 aliphatic heterocycles. The number of carbonyl (C=O) groups excluding carboxylic acids is 1. The minimum atomic E-state index is 0.0274. The van der Waals surface area contributed by atoms with E-state index in [0.29, 0.717) is 12.1 Å². The van der Waals surface area contributed by atoms with Gasteiger partial charge in [-0.3, -0.25) is 9.89 Å². The average Bonchev–Trinajstić information content (AvgIpc) is 2.75. The summed E-state index contributed by atoms with van der Waals surface area (Å²) in [5.41, 5.74) is 2.63. The Balaban J connectivity index is 2.09. The highest BCUT2D eigenvalue weighted by Crippen LogP contribution is 2.12. The molecule has 0 radical (unpaired) electrons. The molecule has 5 nitrogen and oxygen atoms in total. The zero-order valence-corrected chi connectivity index (χ0v) is 10.8. The number of hydrogen-bond acceptors (Lipinski definition) is 4. The molecule has 2 aromatic heterocycles. The number of nitrogens with one attached hydrogen (secondary N) is 1. The Morgan fingerprint density at radius 1 is 1.44 bits per heavy atom. The van der Waals surface area contributed by atoms with Crippen molar-refractivity contribution in [2.24, 2.45) is 0 Å². The Kier molecular flexibility index (Phi) is 3.41. The number of ketones is 1. The lowest BCUT2D eigenvalue weighted by molar-refractivity contribution is 0.101. The van der Waals surface area contributed by atoms with Crippen LogP contribution in [0.5, 0.6) is 0 Å². The highest BCUT2D eigenvalue weighted by Gasteiger charge is 2.07. The number of Topliss-reactive ketones (excluding diaryl/α,β-unsaturated/α-hetero) is 1. The van der Waals surface area contributed by atoms with Gasteiger partial charge in [0, 0.05) is 24.5 Å². The van der Waals surface area contributed by atoms with Gasteiger partial charge in [-0.1, -0.05) is 0 Å². The zero-order chi connectivity index (χ0) is 13.1. The number of H-pyrrole nitrogens is 1. The van der Waals surface area contributed by atoms with Crippen molar-refractivity contribution in [3.05, 3.63) is 41.3 Å². The van der Waals surface area contributed by atoms with E-state index >= 15 is 0 Å². The molecule has 1 N–H and O–H groups in total. The number of aromatic nitrogens is 3. The van der Waals surface area contributed by atoms with E-state index in [4.69, 9.17) is 0 Å². The van der Waals surface area contributed by atoms with Gasteiger partial charge in [0.15, 0.2) is 5.78 Å². The first-order valence-electron chi connectivity index (χ1n) is 5.75. The average molecular weight is 244 g/mol. The smallest absolute Gasteiger partial charge is 0.161 e. The van der Waals surface area contributed by atoms with E-state index in [1.54, 1.807) is 12.3 Å². The van der Waals surface area contributed by atoms with Crippen LogP contribution in [0.25, 0.3) is 0 Å². The van der Waals surface area contributed by atoms with Crippen molar-refractivity contribution in [3.8, 4) is 0 Å². The van der Waals surface area contributed by atoms with Gasteiger partial charge >= 0.3 is 0 Å². The number of aryl methyl sites for hydroxylation is 1. The van der Waals surface area contributed by atoms with Gasteiger partial charge in [0.2, 0.25) is 0 Å². The fourth-order valence-electron chi connectivity index (χ4n) is 1.70. The molecule has 18 heavy (non-hydrogen) atoms. The molecule has 5 heteroatoms. The van der Waals surface area contributed by atoms with Crippen molar-refractivity contribution in [1.29, 1.82) is 0 Å². The summed E-state index contributed by atoms with van der Waals surface area (Å²) in [7, 11) is 1.94. The van der Waals surface area contributed by atoms with Crippen molar-refractivity contribution in [1.82, 2.24) is 15.2 Å². The summed E-state index contributed by atoms with van der Waals surface area (Å²) >= 11 is 0. The number of hydrogen-bond donors (Lipinski definition) is 1. The lowest BCUT2D eigenvalue weighted by atomic mass is 10.2. The predicted molar refractivity (Wildman–Crippen MR) is 69.7 cm³/mol. The molecule has 0 aromatic carbocycles. The summed E-state index contributed by atoms with van der Waals surface area (Å²) in [5, 5.41) is 7.09. The molecule has 0 fully saturated rings. The SMILES string of the molecule is CC(=O)c1ccc(N(C)Cc2cc(C)[nH]n2)nc1. The van der Waals surface area contributed by atoms with Gasteiger partial charge in [-0.25, -0.2) is 4.98 Å². The van der Waals surface area contributed by atoms with Crippen molar-refractivity contribution < 1.29 is 4.79 Å². The minimum Gasteiger partial charge on any atom is -0.354 e. The van der Waals surface area contributed by atoms with Crippen LogP contribution in [-0.2, 0) is 6.54 Å². The molecule has 2 heterocycles. The van der Waals surface area contributed by atoms with E-state index in [-0.39, 0.29) is 5.78 Å². The first-order chi connectivity index (χ1) is 8.56. The van der Waals surface area contributed by atoms with Crippen LogP contribution in [0.15, 0.2) is 24.4 Å². The van der Waals surface area contributed by atoms with Gasteiger partial charge in [-0.2, -0.15) is 5.10 Å². The molecule has 0 saturated heterocycles.